The second-order valence-corrected chi connectivity index (χ2v) is 16.9. The van der Waals surface area contributed by atoms with E-state index in [1.807, 2.05) is 36.4 Å². The van der Waals surface area contributed by atoms with Gasteiger partial charge in [0.15, 0.2) is 11.8 Å². The molecule has 0 N–H and O–H groups in total. The van der Waals surface area contributed by atoms with E-state index in [0.29, 0.717) is 49.9 Å². The van der Waals surface area contributed by atoms with Crippen LogP contribution in [0.2, 0.25) is 12.1 Å². The standard InChI is InChI=1S/C31H46N2O8Si2/c1-34-42(35-2,36-3)21-13-19-31(20-14-22-43(37-4,38-5)39-6,29-32-27(23-40-29)25-15-9-7-10-16-25)30-33-28(24-41-30)26-17-11-8-12-18-26/h7-12,15-18,27-28H,13-14,19-24H2,1-6H3/t27-,28-/m1/s1. The Bertz CT molecular complexity index is 1080. The topological polar surface area (TPSA) is 98.6 Å². The van der Waals surface area contributed by atoms with E-state index in [4.69, 9.17) is 46.0 Å². The zero-order valence-electron chi connectivity index (χ0n) is 26.2. The van der Waals surface area contributed by atoms with Crippen LogP contribution < -0.4 is 0 Å². The average Bonchev–Trinajstić information content (AvgIpc) is 3.78. The monoisotopic (exact) mass is 630 g/mol. The van der Waals surface area contributed by atoms with Gasteiger partial charge in [0.2, 0.25) is 0 Å². The molecule has 2 heterocycles. The predicted octanol–water partition coefficient (Wildman–Crippen LogP) is 5.63. The van der Waals surface area contributed by atoms with E-state index in [0.717, 1.165) is 24.0 Å². The fourth-order valence-corrected chi connectivity index (χ4v) is 9.38. The van der Waals surface area contributed by atoms with Crippen molar-refractivity contribution in [1.29, 1.82) is 0 Å². The van der Waals surface area contributed by atoms with Crippen molar-refractivity contribution >= 4 is 29.4 Å². The van der Waals surface area contributed by atoms with E-state index >= 15 is 0 Å². The van der Waals surface area contributed by atoms with Crippen molar-refractivity contribution in [1.82, 2.24) is 0 Å². The Kier molecular flexibility index (Phi) is 12.1. The lowest BCUT2D eigenvalue weighted by molar-refractivity contribution is 0.120. The summed E-state index contributed by atoms with van der Waals surface area (Å²) >= 11 is 0. The van der Waals surface area contributed by atoms with Crippen molar-refractivity contribution < 1.29 is 36.0 Å². The van der Waals surface area contributed by atoms with Crippen LogP contribution in [0, 0.1) is 5.41 Å². The Labute approximate surface area is 258 Å². The van der Waals surface area contributed by atoms with Gasteiger partial charge < -0.3 is 36.0 Å². The highest BCUT2D eigenvalue weighted by Gasteiger charge is 2.50. The number of benzene rings is 2. The Hall–Kier alpha value is -2.43. The second-order valence-electron chi connectivity index (χ2n) is 10.7. The molecule has 2 aromatic carbocycles. The summed E-state index contributed by atoms with van der Waals surface area (Å²) in [6.45, 7) is 0.909. The van der Waals surface area contributed by atoms with Gasteiger partial charge in [-0.25, -0.2) is 9.98 Å². The summed E-state index contributed by atoms with van der Waals surface area (Å²) < 4.78 is 47.5. The fourth-order valence-electron chi connectivity index (χ4n) is 5.93. The van der Waals surface area contributed by atoms with E-state index < -0.39 is 23.0 Å². The van der Waals surface area contributed by atoms with E-state index in [-0.39, 0.29) is 12.1 Å². The van der Waals surface area contributed by atoms with Crippen LogP contribution in [0.4, 0.5) is 0 Å². The summed E-state index contributed by atoms with van der Waals surface area (Å²) in [6, 6.07) is 21.5. The Morgan fingerprint density at radius 1 is 0.605 bits per heavy atom. The van der Waals surface area contributed by atoms with Crippen LogP contribution in [0.25, 0.3) is 0 Å². The van der Waals surface area contributed by atoms with Gasteiger partial charge in [-0.3, -0.25) is 0 Å². The maximum atomic E-state index is 6.49. The summed E-state index contributed by atoms with van der Waals surface area (Å²) in [5.41, 5.74) is 1.49. The molecular weight excluding hydrogens is 585 g/mol. The third-order valence-electron chi connectivity index (χ3n) is 8.53. The molecule has 4 rings (SSSR count). The van der Waals surface area contributed by atoms with Gasteiger partial charge in [0.1, 0.15) is 30.7 Å². The van der Waals surface area contributed by atoms with E-state index in [1.165, 1.54) is 0 Å². The van der Waals surface area contributed by atoms with Crippen molar-refractivity contribution in [2.24, 2.45) is 15.4 Å². The predicted molar refractivity (Wildman–Crippen MR) is 169 cm³/mol. The van der Waals surface area contributed by atoms with Gasteiger partial charge in [-0.1, -0.05) is 60.7 Å². The number of aliphatic imine (C=N–C) groups is 2. The molecule has 0 saturated carbocycles. The molecule has 0 bridgehead atoms. The maximum absolute atomic E-state index is 6.49. The first-order valence-electron chi connectivity index (χ1n) is 14.8. The molecule has 0 fully saturated rings. The number of hydrogen-bond acceptors (Lipinski definition) is 10. The highest BCUT2D eigenvalue weighted by Crippen LogP contribution is 2.44. The van der Waals surface area contributed by atoms with Crippen molar-refractivity contribution in [3.8, 4) is 0 Å². The lowest BCUT2D eigenvalue weighted by Crippen LogP contribution is -2.45. The first kappa shape index (κ1) is 33.5. The number of rotatable bonds is 18. The molecule has 0 saturated heterocycles. The minimum Gasteiger partial charge on any atom is -0.478 e. The lowest BCUT2D eigenvalue weighted by Gasteiger charge is -2.34. The lowest BCUT2D eigenvalue weighted by atomic mass is 9.78. The van der Waals surface area contributed by atoms with Gasteiger partial charge in [0, 0.05) is 54.7 Å². The first-order valence-corrected chi connectivity index (χ1v) is 18.6. The molecule has 0 aromatic heterocycles. The molecule has 2 aliphatic rings. The molecule has 0 radical (unpaired) electrons. The number of nitrogens with zero attached hydrogens (tertiary/aromatic N) is 2. The Morgan fingerprint density at radius 3 is 1.28 bits per heavy atom. The van der Waals surface area contributed by atoms with E-state index in [2.05, 4.69) is 24.3 Å². The Morgan fingerprint density at radius 2 is 0.953 bits per heavy atom. The second kappa shape index (κ2) is 15.5. The van der Waals surface area contributed by atoms with E-state index in [9.17, 15) is 0 Å². The quantitative estimate of drug-likeness (QED) is 0.196. The average molecular weight is 631 g/mol. The highest BCUT2D eigenvalue weighted by atomic mass is 28.4. The third-order valence-corrected chi connectivity index (χ3v) is 14.2. The van der Waals surface area contributed by atoms with Crippen molar-refractivity contribution in [3.63, 3.8) is 0 Å². The normalized spacial score (nSPS) is 19.1. The van der Waals surface area contributed by atoms with Crippen molar-refractivity contribution in [2.45, 2.75) is 49.9 Å². The van der Waals surface area contributed by atoms with Crippen LogP contribution in [-0.4, -0.2) is 85.3 Å². The van der Waals surface area contributed by atoms with Gasteiger partial charge >= 0.3 is 17.6 Å². The molecule has 12 heteroatoms. The summed E-state index contributed by atoms with van der Waals surface area (Å²) in [6.07, 6.45) is 2.75. The zero-order chi connectivity index (χ0) is 30.8. The van der Waals surface area contributed by atoms with Crippen molar-refractivity contribution in [2.75, 3.05) is 55.9 Å². The van der Waals surface area contributed by atoms with Crippen LogP contribution in [0.1, 0.15) is 48.9 Å². The molecule has 0 spiro atoms. The SMILES string of the molecule is CO[Si](CCCC(CCC[Si](OC)(OC)OC)(C1=N[C@@H](c2ccccc2)CO1)C1=N[C@@H](c2ccccc2)CO1)(OC)OC. The molecule has 10 nitrogen and oxygen atoms in total. The summed E-state index contributed by atoms with van der Waals surface area (Å²) in [5, 5.41) is 0. The molecule has 2 atom stereocenters. The minimum atomic E-state index is -2.82. The van der Waals surface area contributed by atoms with Crippen LogP contribution in [0.15, 0.2) is 70.6 Å². The largest absolute Gasteiger partial charge is 0.500 e. The van der Waals surface area contributed by atoms with Crippen LogP contribution in [0.5, 0.6) is 0 Å². The van der Waals surface area contributed by atoms with Crippen LogP contribution in [0.3, 0.4) is 0 Å². The summed E-state index contributed by atoms with van der Waals surface area (Å²) in [5.74, 6) is 1.29. The molecule has 2 aliphatic heterocycles. The minimum absolute atomic E-state index is 0.113. The number of ether oxygens (including phenoxy) is 2. The van der Waals surface area contributed by atoms with Gasteiger partial charge in [-0.15, -0.1) is 0 Å². The summed E-state index contributed by atoms with van der Waals surface area (Å²) in [4.78, 5) is 10.4. The molecule has 2 aromatic rings. The van der Waals surface area contributed by atoms with Gasteiger partial charge in [-0.05, 0) is 36.8 Å². The number of hydrogen-bond donors (Lipinski definition) is 0. The maximum Gasteiger partial charge on any atom is 0.500 e. The van der Waals surface area contributed by atoms with Gasteiger partial charge in [0.25, 0.3) is 0 Å². The van der Waals surface area contributed by atoms with E-state index in [1.54, 1.807) is 42.7 Å². The third kappa shape index (κ3) is 7.63. The highest BCUT2D eigenvalue weighted by molar-refractivity contribution is 6.60. The van der Waals surface area contributed by atoms with Crippen molar-refractivity contribution in [3.05, 3.63) is 71.8 Å². The Balaban J connectivity index is 1.74. The zero-order valence-corrected chi connectivity index (χ0v) is 28.2. The smallest absolute Gasteiger partial charge is 0.478 e. The fraction of sp³-hybridized carbons (Fsp3) is 0.548. The van der Waals surface area contributed by atoms with Crippen LogP contribution in [-0.2, 0) is 36.0 Å². The summed E-state index contributed by atoms with van der Waals surface area (Å²) in [7, 11) is 4.19. The first-order chi connectivity index (χ1) is 20.9. The molecule has 236 valence electrons. The molecule has 0 amide bonds. The molecule has 43 heavy (non-hydrogen) atoms. The molecule has 0 unspecified atom stereocenters. The van der Waals surface area contributed by atoms with Gasteiger partial charge in [-0.2, -0.15) is 0 Å². The van der Waals surface area contributed by atoms with Crippen LogP contribution >= 0.6 is 0 Å². The van der Waals surface area contributed by atoms with Gasteiger partial charge in [0.05, 0.1) is 0 Å². The molecular formula is C31H46N2O8Si2. The molecule has 0 aliphatic carbocycles.